The summed E-state index contributed by atoms with van der Waals surface area (Å²) >= 11 is 4.57. The molecule has 0 aliphatic heterocycles. The highest BCUT2D eigenvalue weighted by atomic mass is 32.1. The summed E-state index contributed by atoms with van der Waals surface area (Å²) in [6.45, 7) is 6.04. The minimum absolute atomic E-state index is 0.454. The highest BCUT2D eigenvalue weighted by Gasteiger charge is 2.20. The molecule has 1 aliphatic carbocycles. The monoisotopic (exact) mass is 170 g/mol. The van der Waals surface area contributed by atoms with E-state index in [9.17, 15) is 0 Å². The minimum atomic E-state index is 0.454. The van der Waals surface area contributed by atoms with Crippen molar-refractivity contribution < 1.29 is 0 Å². The zero-order chi connectivity index (χ0) is 8.27. The largest absolute Gasteiger partial charge is 0.171 e. The second-order valence-electron chi connectivity index (χ2n) is 3.69. The summed E-state index contributed by atoms with van der Waals surface area (Å²) in [6.07, 6.45) is 6.94. The van der Waals surface area contributed by atoms with Gasteiger partial charge in [0, 0.05) is 5.25 Å². The molecule has 0 aromatic rings. The van der Waals surface area contributed by atoms with Crippen molar-refractivity contribution in [3.63, 3.8) is 0 Å². The van der Waals surface area contributed by atoms with Crippen molar-refractivity contribution in [1.29, 1.82) is 0 Å². The van der Waals surface area contributed by atoms with Gasteiger partial charge in [-0.2, -0.15) is 12.6 Å². The van der Waals surface area contributed by atoms with Crippen LogP contribution < -0.4 is 0 Å². The SMILES string of the molecule is C=C(C)C(S)C1CCCCC1. The molecule has 1 rings (SSSR count). The summed E-state index contributed by atoms with van der Waals surface area (Å²) < 4.78 is 0. The van der Waals surface area contributed by atoms with E-state index in [1.54, 1.807) is 0 Å². The highest BCUT2D eigenvalue weighted by molar-refractivity contribution is 7.81. The molecule has 0 bridgehead atoms. The molecular weight excluding hydrogens is 152 g/mol. The average Bonchev–Trinajstić information content (AvgIpc) is 2.05. The molecule has 11 heavy (non-hydrogen) atoms. The Bertz CT molecular complexity index is 134. The van der Waals surface area contributed by atoms with Crippen LogP contribution >= 0.6 is 12.6 Å². The minimum Gasteiger partial charge on any atom is -0.171 e. The van der Waals surface area contributed by atoms with E-state index in [1.807, 2.05) is 0 Å². The third-order valence-electron chi connectivity index (χ3n) is 2.60. The molecule has 1 heteroatoms. The lowest BCUT2D eigenvalue weighted by atomic mass is 9.85. The first-order valence-electron chi connectivity index (χ1n) is 4.55. The Hall–Kier alpha value is 0.0900. The van der Waals surface area contributed by atoms with Crippen LogP contribution in [0.25, 0.3) is 0 Å². The molecule has 0 aromatic carbocycles. The molecule has 1 fully saturated rings. The van der Waals surface area contributed by atoms with Crippen LogP contribution in [0.4, 0.5) is 0 Å². The predicted molar refractivity (Wildman–Crippen MR) is 54.2 cm³/mol. The molecule has 0 nitrogen and oxygen atoms in total. The van der Waals surface area contributed by atoms with Gasteiger partial charge in [0.2, 0.25) is 0 Å². The van der Waals surface area contributed by atoms with E-state index in [0.717, 1.165) is 5.92 Å². The molecule has 0 amide bonds. The molecule has 0 heterocycles. The Kier molecular flexibility index (Phi) is 3.50. The first-order valence-corrected chi connectivity index (χ1v) is 5.07. The van der Waals surface area contributed by atoms with Gasteiger partial charge in [-0.05, 0) is 25.7 Å². The van der Waals surface area contributed by atoms with Crippen molar-refractivity contribution in [1.82, 2.24) is 0 Å². The number of thiol groups is 1. The number of hydrogen-bond donors (Lipinski definition) is 1. The van der Waals surface area contributed by atoms with Crippen molar-refractivity contribution in [2.24, 2.45) is 5.92 Å². The summed E-state index contributed by atoms with van der Waals surface area (Å²) in [5.41, 5.74) is 1.24. The fourth-order valence-corrected chi connectivity index (χ4v) is 2.15. The predicted octanol–water partition coefficient (Wildman–Crippen LogP) is 3.44. The maximum absolute atomic E-state index is 4.57. The van der Waals surface area contributed by atoms with E-state index in [1.165, 1.54) is 37.7 Å². The molecule has 1 saturated carbocycles. The quantitative estimate of drug-likeness (QED) is 0.476. The second-order valence-corrected chi connectivity index (χ2v) is 4.25. The first kappa shape index (κ1) is 9.18. The lowest BCUT2D eigenvalue weighted by molar-refractivity contribution is 0.364. The van der Waals surface area contributed by atoms with E-state index in [4.69, 9.17) is 0 Å². The first-order chi connectivity index (χ1) is 5.22. The highest BCUT2D eigenvalue weighted by Crippen LogP contribution is 2.31. The molecule has 0 radical (unpaired) electrons. The van der Waals surface area contributed by atoms with Crippen LogP contribution in [-0.2, 0) is 0 Å². The molecule has 1 atom stereocenters. The van der Waals surface area contributed by atoms with Gasteiger partial charge in [-0.3, -0.25) is 0 Å². The molecular formula is C10H18S. The maximum Gasteiger partial charge on any atom is 0.0249 e. The zero-order valence-electron chi connectivity index (χ0n) is 7.34. The normalized spacial score (nSPS) is 23.1. The van der Waals surface area contributed by atoms with Gasteiger partial charge < -0.3 is 0 Å². The molecule has 0 spiro atoms. The Morgan fingerprint density at radius 3 is 2.36 bits per heavy atom. The fraction of sp³-hybridized carbons (Fsp3) is 0.800. The van der Waals surface area contributed by atoms with Crippen LogP contribution in [0.1, 0.15) is 39.0 Å². The maximum atomic E-state index is 4.57. The lowest BCUT2D eigenvalue weighted by Crippen LogP contribution is -2.18. The van der Waals surface area contributed by atoms with Gasteiger partial charge in [0.05, 0.1) is 0 Å². The zero-order valence-corrected chi connectivity index (χ0v) is 8.24. The van der Waals surface area contributed by atoms with Gasteiger partial charge >= 0.3 is 0 Å². The molecule has 0 aromatic heterocycles. The third kappa shape index (κ3) is 2.55. The van der Waals surface area contributed by atoms with Gasteiger partial charge in [-0.25, -0.2) is 0 Å². The Labute approximate surface area is 75.5 Å². The molecule has 0 N–H and O–H groups in total. The third-order valence-corrected chi connectivity index (χ3v) is 3.46. The summed E-state index contributed by atoms with van der Waals surface area (Å²) in [5, 5.41) is 0.454. The lowest BCUT2D eigenvalue weighted by Gasteiger charge is -2.27. The number of rotatable bonds is 2. The summed E-state index contributed by atoms with van der Waals surface area (Å²) in [7, 11) is 0. The second kappa shape index (κ2) is 4.20. The summed E-state index contributed by atoms with van der Waals surface area (Å²) in [5.74, 6) is 0.810. The Balaban J connectivity index is 2.38. The van der Waals surface area contributed by atoms with Gasteiger partial charge in [0.25, 0.3) is 0 Å². The Morgan fingerprint density at radius 2 is 1.91 bits per heavy atom. The van der Waals surface area contributed by atoms with E-state index in [2.05, 4.69) is 26.1 Å². The molecule has 64 valence electrons. The van der Waals surface area contributed by atoms with Crippen molar-refractivity contribution >= 4 is 12.6 Å². The van der Waals surface area contributed by atoms with Crippen molar-refractivity contribution in [2.45, 2.75) is 44.3 Å². The van der Waals surface area contributed by atoms with Crippen molar-refractivity contribution in [2.75, 3.05) is 0 Å². The standard InChI is InChI=1S/C10H18S/c1-8(2)10(11)9-6-4-3-5-7-9/h9-11H,1,3-7H2,2H3. The fourth-order valence-electron chi connectivity index (χ4n) is 1.85. The van der Waals surface area contributed by atoms with Crippen molar-refractivity contribution in [3.05, 3.63) is 12.2 Å². The van der Waals surface area contributed by atoms with E-state index >= 15 is 0 Å². The van der Waals surface area contributed by atoms with Crippen LogP contribution in [0, 0.1) is 5.92 Å². The van der Waals surface area contributed by atoms with Crippen LogP contribution in [0.15, 0.2) is 12.2 Å². The number of hydrogen-bond acceptors (Lipinski definition) is 1. The summed E-state index contributed by atoms with van der Waals surface area (Å²) in [6, 6.07) is 0. The van der Waals surface area contributed by atoms with Crippen LogP contribution in [0.2, 0.25) is 0 Å². The van der Waals surface area contributed by atoms with E-state index in [-0.39, 0.29) is 0 Å². The Morgan fingerprint density at radius 1 is 1.36 bits per heavy atom. The van der Waals surface area contributed by atoms with Crippen molar-refractivity contribution in [3.8, 4) is 0 Å². The smallest absolute Gasteiger partial charge is 0.0249 e. The van der Waals surface area contributed by atoms with Crippen LogP contribution in [-0.4, -0.2) is 5.25 Å². The van der Waals surface area contributed by atoms with Gasteiger partial charge in [0.15, 0.2) is 0 Å². The van der Waals surface area contributed by atoms with Gasteiger partial charge in [0.1, 0.15) is 0 Å². The van der Waals surface area contributed by atoms with Gasteiger partial charge in [-0.15, -0.1) is 0 Å². The summed E-state index contributed by atoms with van der Waals surface area (Å²) in [4.78, 5) is 0. The van der Waals surface area contributed by atoms with E-state index in [0.29, 0.717) is 5.25 Å². The average molecular weight is 170 g/mol. The molecule has 1 aliphatic rings. The molecule has 0 saturated heterocycles. The molecule has 1 unspecified atom stereocenters. The van der Waals surface area contributed by atoms with Gasteiger partial charge in [-0.1, -0.05) is 31.4 Å². The topological polar surface area (TPSA) is 0 Å². The van der Waals surface area contributed by atoms with E-state index < -0.39 is 0 Å². The van der Waals surface area contributed by atoms with Crippen LogP contribution in [0.3, 0.4) is 0 Å². The van der Waals surface area contributed by atoms with Crippen LogP contribution in [0.5, 0.6) is 0 Å².